The van der Waals surface area contributed by atoms with Crippen molar-refractivity contribution in [1.29, 1.82) is 0 Å². The van der Waals surface area contributed by atoms with E-state index in [0.717, 1.165) is 16.1 Å². The summed E-state index contributed by atoms with van der Waals surface area (Å²) in [6.07, 6.45) is 2.43. The number of hydrogen-bond donors (Lipinski definition) is 1. The Balaban J connectivity index is 1.49. The van der Waals surface area contributed by atoms with Crippen LogP contribution >= 0.6 is 0 Å². The topological polar surface area (TPSA) is 120 Å². The number of piperidine rings is 1. The Morgan fingerprint density at radius 2 is 2.08 bits per heavy atom. The molecule has 198 valence electrons. The molecule has 4 aromatic rings. The molecular formula is C22H25F3N8O3S. The molecule has 1 aliphatic rings. The van der Waals surface area contributed by atoms with Crippen LogP contribution in [-0.2, 0) is 10.0 Å². The first-order valence-corrected chi connectivity index (χ1v) is 13.3. The minimum absolute atomic E-state index is 0.0475. The van der Waals surface area contributed by atoms with Crippen LogP contribution in [0, 0.1) is 0 Å². The van der Waals surface area contributed by atoms with E-state index in [4.69, 9.17) is 4.74 Å². The van der Waals surface area contributed by atoms with Crippen LogP contribution < -0.4 is 10.1 Å². The fourth-order valence-electron chi connectivity index (χ4n) is 4.45. The lowest BCUT2D eigenvalue weighted by Gasteiger charge is -2.37. The van der Waals surface area contributed by atoms with Crippen molar-refractivity contribution in [2.45, 2.75) is 31.4 Å². The van der Waals surface area contributed by atoms with E-state index in [2.05, 4.69) is 25.7 Å². The summed E-state index contributed by atoms with van der Waals surface area (Å²) in [7, 11) is -2.32. The molecule has 0 bridgehead atoms. The van der Waals surface area contributed by atoms with Gasteiger partial charge in [0.25, 0.3) is 5.92 Å². The third kappa shape index (κ3) is 4.56. The molecule has 37 heavy (non-hydrogen) atoms. The maximum Gasteiger partial charge on any atom is 0.281 e. The standard InChI is InChI=1S/C22H25F3N8O3S/c1-13(11-23)33-17-10-14(4-5-16(17)28-30-33)15-6-9-32-19(15)20(36-2)27-21(29-32)26-18-7-8-31(37(3,34)35)12-22(18,24)25/h4-6,9-10,13,18H,7-8,11-12H2,1-3H3,(H,26,29)/t13-,18-/m1/s1. The number of ether oxygens (including phenoxy) is 1. The molecule has 1 aliphatic heterocycles. The number of anilines is 1. The highest BCUT2D eigenvalue weighted by atomic mass is 32.2. The van der Waals surface area contributed by atoms with Crippen LogP contribution in [0.25, 0.3) is 27.7 Å². The lowest BCUT2D eigenvalue weighted by molar-refractivity contribution is -0.0541. The van der Waals surface area contributed by atoms with Crippen LogP contribution in [0.4, 0.5) is 19.1 Å². The maximum absolute atomic E-state index is 14.8. The number of halogens is 3. The molecule has 0 radical (unpaired) electrons. The van der Waals surface area contributed by atoms with Crippen LogP contribution in [0.1, 0.15) is 19.4 Å². The van der Waals surface area contributed by atoms with Crippen LogP contribution in [0.5, 0.6) is 5.88 Å². The number of nitrogens with one attached hydrogen (secondary N) is 1. The van der Waals surface area contributed by atoms with Gasteiger partial charge in [-0.15, -0.1) is 10.2 Å². The number of sulfonamides is 1. The zero-order valence-electron chi connectivity index (χ0n) is 20.3. The summed E-state index contributed by atoms with van der Waals surface area (Å²) >= 11 is 0. The van der Waals surface area contributed by atoms with Gasteiger partial charge in [-0.25, -0.2) is 30.8 Å². The zero-order chi connectivity index (χ0) is 26.5. The van der Waals surface area contributed by atoms with E-state index in [1.54, 1.807) is 25.3 Å². The second kappa shape index (κ2) is 9.13. The van der Waals surface area contributed by atoms with Gasteiger partial charge in [-0.05, 0) is 37.1 Å². The van der Waals surface area contributed by atoms with Crippen LogP contribution in [-0.4, -0.2) is 87.4 Å². The van der Waals surface area contributed by atoms with Gasteiger partial charge in [-0.2, -0.15) is 9.29 Å². The number of aromatic nitrogens is 6. The molecule has 3 aromatic heterocycles. The highest BCUT2D eigenvalue weighted by molar-refractivity contribution is 7.88. The summed E-state index contributed by atoms with van der Waals surface area (Å²) in [5, 5.41) is 15.1. The first kappa shape index (κ1) is 25.2. The molecule has 1 fully saturated rings. The summed E-state index contributed by atoms with van der Waals surface area (Å²) < 4.78 is 75.5. The fraction of sp³-hybridized carbons (Fsp3) is 0.455. The second-order valence-corrected chi connectivity index (χ2v) is 11.0. The van der Waals surface area contributed by atoms with Gasteiger partial charge in [0.1, 0.15) is 17.7 Å². The normalized spacial score (nSPS) is 19.4. The van der Waals surface area contributed by atoms with Gasteiger partial charge in [0.15, 0.2) is 0 Å². The van der Waals surface area contributed by atoms with E-state index < -0.39 is 41.2 Å². The Labute approximate surface area is 210 Å². The zero-order valence-corrected chi connectivity index (χ0v) is 21.1. The summed E-state index contributed by atoms with van der Waals surface area (Å²) in [5.41, 5.74) is 3.24. The number of fused-ring (bicyclic) bond motifs is 2. The molecule has 0 spiro atoms. The number of benzene rings is 1. The van der Waals surface area contributed by atoms with Crippen LogP contribution in [0.3, 0.4) is 0 Å². The van der Waals surface area contributed by atoms with E-state index in [1.165, 1.54) is 16.3 Å². The van der Waals surface area contributed by atoms with Crippen molar-refractivity contribution in [3.63, 3.8) is 0 Å². The van der Waals surface area contributed by atoms with Crippen molar-refractivity contribution in [1.82, 2.24) is 33.9 Å². The molecule has 2 atom stereocenters. The molecule has 0 unspecified atom stereocenters. The smallest absolute Gasteiger partial charge is 0.281 e. The molecule has 4 heterocycles. The monoisotopic (exact) mass is 538 g/mol. The molecule has 0 saturated carbocycles. The average Bonchev–Trinajstić information content (AvgIpc) is 3.47. The number of hydrogen-bond acceptors (Lipinski definition) is 8. The number of nitrogens with zero attached hydrogens (tertiary/aromatic N) is 7. The predicted octanol–water partition coefficient (Wildman–Crippen LogP) is 2.76. The van der Waals surface area contributed by atoms with Crippen molar-refractivity contribution in [2.24, 2.45) is 0 Å². The Morgan fingerprint density at radius 3 is 2.76 bits per heavy atom. The average molecular weight is 539 g/mol. The van der Waals surface area contributed by atoms with Gasteiger partial charge in [0.2, 0.25) is 21.9 Å². The van der Waals surface area contributed by atoms with Crippen molar-refractivity contribution >= 4 is 32.5 Å². The van der Waals surface area contributed by atoms with Gasteiger partial charge in [0, 0.05) is 18.3 Å². The number of alkyl halides is 3. The Kier molecular flexibility index (Phi) is 6.22. The highest BCUT2D eigenvalue weighted by Crippen LogP contribution is 2.35. The van der Waals surface area contributed by atoms with Crippen molar-refractivity contribution in [3.05, 3.63) is 30.5 Å². The fourth-order valence-corrected chi connectivity index (χ4v) is 5.29. The Hall–Kier alpha value is -3.46. The van der Waals surface area contributed by atoms with E-state index in [0.29, 0.717) is 22.1 Å². The minimum atomic E-state index is -3.73. The second-order valence-electron chi connectivity index (χ2n) is 9.05. The molecule has 11 nitrogen and oxygen atoms in total. The van der Waals surface area contributed by atoms with E-state index in [1.807, 2.05) is 12.1 Å². The van der Waals surface area contributed by atoms with Crippen molar-refractivity contribution < 1.29 is 26.3 Å². The lowest BCUT2D eigenvalue weighted by atomic mass is 10.0. The summed E-state index contributed by atoms with van der Waals surface area (Å²) in [6, 6.07) is 5.37. The Bertz CT molecular complexity index is 1570. The molecule has 0 aliphatic carbocycles. The third-order valence-electron chi connectivity index (χ3n) is 6.43. The van der Waals surface area contributed by atoms with Gasteiger partial charge >= 0.3 is 0 Å². The molecule has 0 amide bonds. The van der Waals surface area contributed by atoms with E-state index in [9.17, 15) is 21.6 Å². The largest absolute Gasteiger partial charge is 0.479 e. The Morgan fingerprint density at radius 1 is 1.30 bits per heavy atom. The highest BCUT2D eigenvalue weighted by Gasteiger charge is 2.47. The van der Waals surface area contributed by atoms with Crippen molar-refractivity contribution in [3.8, 4) is 17.0 Å². The molecular weight excluding hydrogens is 513 g/mol. The summed E-state index contributed by atoms with van der Waals surface area (Å²) in [4.78, 5) is 4.31. The van der Waals surface area contributed by atoms with Crippen LogP contribution in [0.2, 0.25) is 0 Å². The predicted molar refractivity (Wildman–Crippen MR) is 130 cm³/mol. The quantitative estimate of drug-likeness (QED) is 0.382. The van der Waals surface area contributed by atoms with Crippen molar-refractivity contribution in [2.75, 3.05) is 38.4 Å². The van der Waals surface area contributed by atoms with E-state index in [-0.39, 0.29) is 24.8 Å². The third-order valence-corrected chi connectivity index (χ3v) is 7.68. The van der Waals surface area contributed by atoms with Gasteiger partial charge in [-0.3, -0.25) is 0 Å². The van der Waals surface area contributed by atoms with Gasteiger partial charge in [0.05, 0.1) is 37.5 Å². The first-order valence-electron chi connectivity index (χ1n) is 11.5. The van der Waals surface area contributed by atoms with Gasteiger partial charge in [-0.1, -0.05) is 11.3 Å². The lowest BCUT2D eigenvalue weighted by Crippen LogP contribution is -2.55. The SMILES string of the molecule is COc1nc(N[C@@H]2CCN(S(C)(=O)=O)CC2(F)F)nn2ccc(-c3ccc4nnn([C@H](C)CF)c4c3)c12. The van der Waals surface area contributed by atoms with Gasteiger partial charge < -0.3 is 10.1 Å². The van der Waals surface area contributed by atoms with E-state index >= 15 is 0 Å². The maximum atomic E-state index is 14.8. The number of rotatable bonds is 7. The summed E-state index contributed by atoms with van der Waals surface area (Å²) in [5.74, 6) is -3.27. The minimum Gasteiger partial charge on any atom is -0.479 e. The first-order chi connectivity index (χ1) is 17.5. The molecule has 1 N–H and O–H groups in total. The molecule has 5 rings (SSSR count). The van der Waals surface area contributed by atoms with Crippen LogP contribution in [0.15, 0.2) is 30.5 Å². The molecule has 1 saturated heterocycles. The number of methoxy groups -OCH3 is 1. The summed E-state index contributed by atoms with van der Waals surface area (Å²) in [6.45, 7) is 0.135. The molecule has 1 aromatic carbocycles. The molecule has 15 heteroatoms.